The molecule has 4 rings (SSSR count). The van der Waals surface area contributed by atoms with E-state index in [0.717, 1.165) is 16.8 Å². The number of halogens is 1. The standard InChI is InChI=1S/C31H31FN2O4/c1-7-21-10-11-25(28(29(21)32)31(36)37)33-20(6)23-12-18(4)13-24-26(35)14-27(38-30(23)24)22-9-8-19(5)34(16-22)15-17(2)3/h8-16,20,33H,5,7H2,1-4,6H3,(H,36,37). The molecule has 1 aromatic heterocycles. The molecule has 0 radical (unpaired) electrons. The van der Waals surface area contributed by atoms with Gasteiger partial charge in [-0.25, -0.2) is 9.18 Å². The van der Waals surface area contributed by atoms with Crippen LogP contribution < -0.4 is 10.7 Å². The Balaban J connectivity index is 1.83. The first-order valence-electron chi connectivity index (χ1n) is 12.4. The van der Waals surface area contributed by atoms with E-state index < -0.39 is 23.4 Å². The fraction of sp³-hybridized carbons (Fsp3) is 0.226. The summed E-state index contributed by atoms with van der Waals surface area (Å²) in [6, 6.07) is 7.77. The van der Waals surface area contributed by atoms with E-state index >= 15 is 0 Å². The van der Waals surface area contributed by atoms with Gasteiger partial charge in [-0.2, -0.15) is 0 Å². The number of nitrogens with zero attached hydrogens (tertiary/aromatic N) is 1. The van der Waals surface area contributed by atoms with Gasteiger partial charge >= 0.3 is 5.97 Å². The molecule has 0 saturated heterocycles. The minimum absolute atomic E-state index is 0.154. The summed E-state index contributed by atoms with van der Waals surface area (Å²) in [5, 5.41) is 13.3. The molecule has 0 saturated carbocycles. The second-order valence-corrected chi connectivity index (χ2v) is 9.71. The number of fused-ring (bicyclic) bond motifs is 1. The Labute approximate surface area is 221 Å². The SMILES string of the molecule is C=C1C=CC(c2cc(=O)c3cc(C)cc(C(C)Nc4ccc(CC)c(F)c4C(=O)O)c3o2)=CN1C=C(C)C. The highest BCUT2D eigenvalue weighted by atomic mass is 19.1. The Bertz CT molecular complexity index is 1610. The monoisotopic (exact) mass is 514 g/mol. The van der Waals surface area contributed by atoms with E-state index in [2.05, 4.69) is 11.9 Å². The van der Waals surface area contributed by atoms with Crippen molar-refractivity contribution in [1.29, 1.82) is 0 Å². The third-order valence-corrected chi connectivity index (χ3v) is 6.40. The lowest BCUT2D eigenvalue weighted by Gasteiger charge is -2.22. The van der Waals surface area contributed by atoms with Crippen LogP contribution in [-0.2, 0) is 6.42 Å². The maximum Gasteiger partial charge on any atom is 0.340 e. The van der Waals surface area contributed by atoms with Gasteiger partial charge in [0.1, 0.15) is 22.7 Å². The Morgan fingerprint density at radius 2 is 1.97 bits per heavy atom. The third-order valence-electron chi connectivity index (χ3n) is 6.40. The van der Waals surface area contributed by atoms with Crippen molar-refractivity contribution >= 4 is 28.2 Å². The van der Waals surface area contributed by atoms with E-state index in [0.29, 0.717) is 39.9 Å². The van der Waals surface area contributed by atoms with Gasteiger partial charge in [0.2, 0.25) is 0 Å². The summed E-state index contributed by atoms with van der Waals surface area (Å²) >= 11 is 0. The minimum Gasteiger partial charge on any atom is -0.478 e. The second-order valence-electron chi connectivity index (χ2n) is 9.71. The second kappa shape index (κ2) is 10.5. The van der Waals surface area contributed by atoms with Crippen molar-refractivity contribution in [3.8, 4) is 0 Å². The molecule has 2 heterocycles. The number of aromatic carboxylic acids is 1. The molecule has 2 aromatic carbocycles. The van der Waals surface area contributed by atoms with Crippen molar-refractivity contribution < 1.29 is 18.7 Å². The Morgan fingerprint density at radius 1 is 1.24 bits per heavy atom. The van der Waals surface area contributed by atoms with Gasteiger partial charge in [-0.15, -0.1) is 0 Å². The topological polar surface area (TPSA) is 82.8 Å². The third kappa shape index (κ3) is 5.18. The summed E-state index contributed by atoms with van der Waals surface area (Å²) in [6.45, 7) is 13.5. The highest BCUT2D eigenvalue weighted by Crippen LogP contribution is 2.33. The van der Waals surface area contributed by atoms with Crippen LogP contribution in [0.3, 0.4) is 0 Å². The summed E-state index contributed by atoms with van der Waals surface area (Å²) in [6.07, 6.45) is 7.86. The molecule has 1 aliphatic rings. The van der Waals surface area contributed by atoms with Crippen LogP contribution in [0.25, 0.3) is 16.5 Å². The number of aryl methyl sites for hydroxylation is 2. The van der Waals surface area contributed by atoms with Crippen LogP contribution >= 0.6 is 0 Å². The predicted octanol–water partition coefficient (Wildman–Crippen LogP) is 7.32. The lowest BCUT2D eigenvalue weighted by Crippen LogP contribution is -2.15. The molecular weight excluding hydrogens is 483 g/mol. The number of nitrogens with one attached hydrogen (secondary N) is 1. The number of hydrogen-bond acceptors (Lipinski definition) is 5. The van der Waals surface area contributed by atoms with Crippen LogP contribution in [0.4, 0.5) is 10.1 Å². The minimum atomic E-state index is -1.35. The molecule has 7 heteroatoms. The first kappa shape index (κ1) is 26.7. The summed E-state index contributed by atoms with van der Waals surface area (Å²) in [4.78, 5) is 27.0. The molecule has 0 spiro atoms. The van der Waals surface area contributed by atoms with Crippen LogP contribution in [0.1, 0.15) is 66.5 Å². The lowest BCUT2D eigenvalue weighted by molar-refractivity contribution is 0.0692. The average molecular weight is 515 g/mol. The number of benzene rings is 2. The van der Waals surface area contributed by atoms with Crippen LogP contribution in [0.15, 0.2) is 81.9 Å². The van der Waals surface area contributed by atoms with Gasteiger partial charge in [0.25, 0.3) is 0 Å². The van der Waals surface area contributed by atoms with Gasteiger partial charge in [-0.3, -0.25) is 4.79 Å². The predicted molar refractivity (Wildman–Crippen MR) is 150 cm³/mol. The molecule has 1 atom stereocenters. The highest BCUT2D eigenvalue weighted by molar-refractivity contribution is 5.95. The van der Waals surface area contributed by atoms with E-state index in [9.17, 15) is 19.1 Å². The largest absolute Gasteiger partial charge is 0.478 e. The zero-order chi connectivity index (χ0) is 27.7. The van der Waals surface area contributed by atoms with E-state index in [1.54, 1.807) is 25.1 Å². The van der Waals surface area contributed by atoms with Gasteiger partial charge < -0.3 is 19.7 Å². The van der Waals surface area contributed by atoms with E-state index in [1.807, 2.05) is 63.2 Å². The molecule has 6 nitrogen and oxygen atoms in total. The van der Waals surface area contributed by atoms with Crippen molar-refractivity contribution in [3.05, 3.63) is 117 Å². The number of hydrogen-bond donors (Lipinski definition) is 2. The van der Waals surface area contributed by atoms with Crippen LogP contribution in [-0.4, -0.2) is 16.0 Å². The molecule has 0 fully saturated rings. The molecule has 0 bridgehead atoms. The lowest BCUT2D eigenvalue weighted by atomic mass is 9.99. The van der Waals surface area contributed by atoms with Crippen LogP contribution in [0.5, 0.6) is 0 Å². The van der Waals surface area contributed by atoms with E-state index in [-0.39, 0.29) is 11.1 Å². The number of carboxylic acids is 1. The van der Waals surface area contributed by atoms with Crippen molar-refractivity contribution in [2.75, 3.05) is 5.32 Å². The number of allylic oxidation sites excluding steroid dienone is 4. The maximum absolute atomic E-state index is 14.9. The maximum atomic E-state index is 14.9. The molecule has 1 unspecified atom stereocenters. The molecule has 196 valence electrons. The summed E-state index contributed by atoms with van der Waals surface area (Å²) in [5.74, 6) is -1.71. The average Bonchev–Trinajstić information content (AvgIpc) is 2.85. The van der Waals surface area contributed by atoms with Crippen LogP contribution in [0, 0.1) is 12.7 Å². The van der Waals surface area contributed by atoms with E-state index in [4.69, 9.17) is 4.42 Å². The summed E-state index contributed by atoms with van der Waals surface area (Å²) in [7, 11) is 0. The fourth-order valence-electron chi connectivity index (χ4n) is 4.52. The first-order chi connectivity index (χ1) is 18.0. The number of anilines is 1. The Kier molecular flexibility index (Phi) is 7.39. The molecule has 0 amide bonds. The van der Waals surface area contributed by atoms with Gasteiger partial charge in [0.15, 0.2) is 5.43 Å². The van der Waals surface area contributed by atoms with Crippen molar-refractivity contribution in [3.63, 3.8) is 0 Å². The number of carboxylic acid groups (broad SMARTS) is 1. The Hall–Kier alpha value is -4.39. The van der Waals surface area contributed by atoms with Gasteiger partial charge in [0.05, 0.1) is 17.1 Å². The molecular formula is C31H31FN2O4. The van der Waals surface area contributed by atoms with E-state index in [1.165, 1.54) is 6.07 Å². The quantitative estimate of drug-likeness (QED) is 0.344. The molecule has 0 aliphatic carbocycles. The van der Waals surface area contributed by atoms with Crippen molar-refractivity contribution in [2.24, 2.45) is 0 Å². The highest BCUT2D eigenvalue weighted by Gasteiger charge is 2.23. The van der Waals surface area contributed by atoms with Gasteiger partial charge in [0, 0.05) is 35.3 Å². The zero-order valence-electron chi connectivity index (χ0n) is 22.2. The first-order valence-corrected chi connectivity index (χ1v) is 12.4. The number of rotatable bonds is 7. The van der Waals surface area contributed by atoms with Gasteiger partial charge in [-0.1, -0.05) is 31.2 Å². The summed E-state index contributed by atoms with van der Waals surface area (Å²) < 4.78 is 21.2. The van der Waals surface area contributed by atoms with Gasteiger partial charge in [-0.05, 0) is 69.5 Å². The number of carbonyl (C=O) groups is 1. The fourth-order valence-corrected chi connectivity index (χ4v) is 4.52. The van der Waals surface area contributed by atoms with Crippen molar-refractivity contribution in [1.82, 2.24) is 4.90 Å². The van der Waals surface area contributed by atoms with Crippen molar-refractivity contribution in [2.45, 2.75) is 47.1 Å². The zero-order valence-corrected chi connectivity index (χ0v) is 22.2. The Morgan fingerprint density at radius 3 is 2.63 bits per heavy atom. The molecule has 1 aliphatic heterocycles. The normalized spacial score (nSPS) is 13.9. The molecule has 2 N–H and O–H groups in total. The molecule has 3 aromatic rings. The smallest absolute Gasteiger partial charge is 0.340 e. The van der Waals surface area contributed by atoms with Crippen LogP contribution in [0.2, 0.25) is 0 Å². The summed E-state index contributed by atoms with van der Waals surface area (Å²) in [5.41, 5.74) is 4.32. The molecule has 38 heavy (non-hydrogen) atoms.